The molecule has 0 radical (unpaired) electrons. The number of carbonyl (C=O) groups is 3. The Morgan fingerprint density at radius 2 is 2.28 bits per heavy atom. The third-order valence-electron chi connectivity index (χ3n) is 2.61. The molecule has 5 nitrogen and oxygen atoms in total. The number of aliphatic carboxylic acids is 1. The first-order valence-electron chi connectivity index (χ1n) is 5.36. The molecule has 1 N–H and O–H groups in total. The van der Waals surface area contributed by atoms with Gasteiger partial charge in [0.05, 0.1) is 17.9 Å². The molecule has 0 bridgehead atoms. The van der Waals surface area contributed by atoms with Gasteiger partial charge in [-0.05, 0) is 12.1 Å². The molecular weight excluding hydrogens is 254 g/mol. The Hall–Kier alpha value is -1.82. The van der Waals surface area contributed by atoms with Crippen LogP contribution in [0.5, 0.6) is 0 Å². The monoisotopic (exact) mass is 265 g/mol. The van der Waals surface area contributed by atoms with Crippen LogP contribution in [0.25, 0.3) is 0 Å². The molecule has 0 atom stereocenters. The van der Waals surface area contributed by atoms with Crippen molar-refractivity contribution in [2.45, 2.75) is 11.3 Å². The number of thioether (sulfide) groups is 1. The zero-order chi connectivity index (χ0) is 13.1. The predicted molar refractivity (Wildman–Crippen MR) is 67.2 cm³/mol. The van der Waals surface area contributed by atoms with E-state index in [9.17, 15) is 14.4 Å². The number of carboxylic acid groups (broad SMARTS) is 1. The molecule has 0 saturated carbocycles. The summed E-state index contributed by atoms with van der Waals surface area (Å²) in [5.74, 6) is -0.779. The van der Waals surface area contributed by atoms with Gasteiger partial charge in [0.1, 0.15) is 6.29 Å². The van der Waals surface area contributed by atoms with Crippen molar-refractivity contribution < 1.29 is 19.5 Å². The van der Waals surface area contributed by atoms with E-state index in [4.69, 9.17) is 5.11 Å². The molecule has 0 saturated heterocycles. The van der Waals surface area contributed by atoms with E-state index in [0.717, 1.165) is 4.90 Å². The van der Waals surface area contributed by atoms with Gasteiger partial charge in [-0.15, -0.1) is 11.8 Å². The van der Waals surface area contributed by atoms with Gasteiger partial charge in [0.25, 0.3) is 0 Å². The standard InChI is InChI=1S/C12H11NO4S/c14-6-8-1-2-10-9(5-8)13(4-3-12(16)17)11(15)7-18-10/h1-2,5-6H,3-4,7H2,(H,16,17). The van der Waals surface area contributed by atoms with Gasteiger partial charge in [-0.3, -0.25) is 14.4 Å². The summed E-state index contributed by atoms with van der Waals surface area (Å²) in [6, 6.07) is 5.09. The molecule has 1 heterocycles. The Kier molecular flexibility index (Phi) is 3.66. The molecule has 1 aliphatic rings. The highest BCUT2D eigenvalue weighted by Gasteiger charge is 2.25. The smallest absolute Gasteiger partial charge is 0.305 e. The number of fused-ring (bicyclic) bond motifs is 1. The summed E-state index contributed by atoms with van der Waals surface area (Å²) < 4.78 is 0. The van der Waals surface area contributed by atoms with Crippen LogP contribution in [0, 0.1) is 0 Å². The number of benzene rings is 1. The molecule has 1 amide bonds. The van der Waals surface area contributed by atoms with Crippen molar-refractivity contribution in [3.63, 3.8) is 0 Å². The molecule has 6 heteroatoms. The third-order valence-corrected chi connectivity index (χ3v) is 3.66. The molecule has 1 aromatic rings. The van der Waals surface area contributed by atoms with E-state index in [1.165, 1.54) is 16.7 Å². The Balaban J connectivity index is 2.32. The number of carbonyl (C=O) groups excluding carboxylic acids is 2. The van der Waals surface area contributed by atoms with Gasteiger partial charge in [-0.2, -0.15) is 0 Å². The summed E-state index contributed by atoms with van der Waals surface area (Å²) in [6.45, 7) is 0.129. The average Bonchev–Trinajstić information content (AvgIpc) is 2.36. The van der Waals surface area contributed by atoms with E-state index in [-0.39, 0.29) is 18.9 Å². The fraction of sp³-hybridized carbons (Fsp3) is 0.250. The van der Waals surface area contributed by atoms with E-state index in [2.05, 4.69) is 0 Å². The molecule has 0 spiro atoms. The minimum Gasteiger partial charge on any atom is -0.481 e. The van der Waals surface area contributed by atoms with Gasteiger partial charge >= 0.3 is 5.97 Å². The Labute approximate surface area is 108 Å². The Morgan fingerprint density at radius 1 is 1.50 bits per heavy atom. The summed E-state index contributed by atoms with van der Waals surface area (Å²) in [7, 11) is 0. The van der Waals surface area contributed by atoms with Crippen molar-refractivity contribution in [3.8, 4) is 0 Å². The van der Waals surface area contributed by atoms with Crippen molar-refractivity contribution >= 4 is 35.6 Å². The molecule has 0 fully saturated rings. The SMILES string of the molecule is O=Cc1ccc2c(c1)N(CCC(=O)O)C(=O)CS2. The van der Waals surface area contributed by atoms with Crippen molar-refractivity contribution in [2.24, 2.45) is 0 Å². The van der Waals surface area contributed by atoms with E-state index in [1.54, 1.807) is 18.2 Å². The van der Waals surface area contributed by atoms with Crippen LogP contribution in [0.15, 0.2) is 23.1 Å². The second-order valence-corrected chi connectivity index (χ2v) is 4.84. The normalized spacial score (nSPS) is 14.2. The highest BCUT2D eigenvalue weighted by atomic mass is 32.2. The topological polar surface area (TPSA) is 74.7 Å². The molecule has 2 rings (SSSR count). The van der Waals surface area contributed by atoms with Crippen LogP contribution in [0.1, 0.15) is 16.8 Å². The second kappa shape index (κ2) is 5.22. The highest BCUT2D eigenvalue weighted by molar-refractivity contribution is 8.00. The summed E-state index contributed by atoms with van der Waals surface area (Å²) in [5, 5.41) is 8.68. The van der Waals surface area contributed by atoms with Gasteiger partial charge in [0.15, 0.2) is 0 Å². The lowest BCUT2D eigenvalue weighted by molar-refractivity contribution is -0.136. The molecule has 1 aliphatic heterocycles. The number of rotatable bonds is 4. The van der Waals surface area contributed by atoms with Gasteiger partial charge in [0, 0.05) is 17.0 Å². The molecule has 0 aromatic heterocycles. The van der Waals surface area contributed by atoms with Crippen molar-refractivity contribution in [1.29, 1.82) is 0 Å². The first-order valence-corrected chi connectivity index (χ1v) is 6.34. The minimum atomic E-state index is -0.950. The van der Waals surface area contributed by atoms with Crippen LogP contribution >= 0.6 is 11.8 Å². The molecular formula is C12H11NO4S. The molecule has 0 aliphatic carbocycles. The lowest BCUT2D eigenvalue weighted by Crippen LogP contribution is -2.37. The van der Waals surface area contributed by atoms with E-state index in [1.807, 2.05) is 0 Å². The van der Waals surface area contributed by atoms with Crippen LogP contribution in [-0.2, 0) is 9.59 Å². The maximum absolute atomic E-state index is 11.8. The summed E-state index contributed by atoms with van der Waals surface area (Å²) in [6.07, 6.45) is 0.598. The van der Waals surface area contributed by atoms with Crippen LogP contribution in [0.3, 0.4) is 0 Å². The third kappa shape index (κ3) is 2.53. The fourth-order valence-corrected chi connectivity index (χ4v) is 2.66. The number of carboxylic acids is 1. The van der Waals surface area contributed by atoms with Crippen molar-refractivity contribution in [3.05, 3.63) is 23.8 Å². The zero-order valence-corrected chi connectivity index (χ0v) is 10.3. The number of anilines is 1. The van der Waals surface area contributed by atoms with E-state index in [0.29, 0.717) is 23.3 Å². The molecule has 94 valence electrons. The highest BCUT2D eigenvalue weighted by Crippen LogP contribution is 2.35. The van der Waals surface area contributed by atoms with Gasteiger partial charge in [-0.25, -0.2) is 0 Å². The maximum atomic E-state index is 11.8. The summed E-state index contributed by atoms with van der Waals surface area (Å²) >= 11 is 1.40. The fourth-order valence-electron chi connectivity index (χ4n) is 1.75. The number of nitrogens with zero attached hydrogens (tertiary/aromatic N) is 1. The number of amides is 1. The quantitative estimate of drug-likeness (QED) is 0.833. The van der Waals surface area contributed by atoms with Crippen LogP contribution < -0.4 is 4.90 Å². The first kappa shape index (κ1) is 12.6. The van der Waals surface area contributed by atoms with Crippen LogP contribution in [0.4, 0.5) is 5.69 Å². The number of hydrogen-bond acceptors (Lipinski definition) is 4. The molecule has 0 unspecified atom stereocenters. The molecule has 18 heavy (non-hydrogen) atoms. The number of hydrogen-bond donors (Lipinski definition) is 1. The number of aldehydes is 1. The summed E-state index contributed by atoms with van der Waals surface area (Å²) in [5.41, 5.74) is 1.10. The lowest BCUT2D eigenvalue weighted by Gasteiger charge is -2.28. The second-order valence-electron chi connectivity index (χ2n) is 3.82. The van der Waals surface area contributed by atoms with E-state index < -0.39 is 5.97 Å². The van der Waals surface area contributed by atoms with Crippen LogP contribution in [-0.4, -0.2) is 35.6 Å². The largest absolute Gasteiger partial charge is 0.481 e. The van der Waals surface area contributed by atoms with Gasteiger partial charge in [-0.1, -0.05) is 6.07 Å². The predicted octanol–water partition coefficient (Wildman–Crippen LogP) is 1.41. The lowest BCUT2D eigenvalue weighted by atomic mass is 10.2. The van der Waals surface area contributed by atoms with Gasteiger partial charge < -0.3 is 10.0 Å². The van der Waals surface area contributed by atoms with Gasteiger partial charge in [0.2, 0.25) is 5.91 Å². The first-order chi connectivity index (χ1) is 8.61. The van der Waals surface area contributed by atoms with Crippen molar-refractivity contribution in [1.82, 2.24) is 0 Å². The Bertz CT molecular complexity index is 515. The van der Waals surface area contributed by atoms with E-state index >= 15 is 0 Å². The summed E-state index contributed by atoms with van der Waals surface area (Å²) in [4.78, 5) is 35.5. The minimum absolute atomic E-state index is 0.110. The average molecular weight is 265 g/mol. The van der Waals surface area contributed by atoms with Crippen molar-refractivity contribution in [2.75, 3.05) is 17.2 Å². The molecule has 1 aromatic carbocycles. The Morgan fingerprint density at radius 3 is 2.94 bits per heavy atom. The maximum Gasteiger partial charge on any atom is 0.305 e. The zero-order valence-electron chi connectivity index (χ0n) is 9.46. The van der Waals surface area contributed by atoms with Crippen LogP contribution in [0.2, 0.25) is 0 Å².